The molecule has 1 saturated heterocycles. The number of amides is 3. The van der Waals surface area contributed by atoms with E-state index >= 15 is 0 Å². The van der Waals surface area contributed by atoms with Crippen molar-refractivity contribution >= 4 is 23.8 Å². The van der Waals surface area contributed by atoms with Gasteiger partial charge in [0.25, 0.3) is 5.91 Å². The van der Waals surface area contributed by atoms with Crippen LogP contribution in [0.4, 0.5) is 4.79 Å². The van der Waals surface area contributed by atoms with Gasteiger partial charge in [0.1, 0.15) is 17.3 Å². The van der Waals surface area contributed by atoms with Crippen molar-refractivity contribution in [1.82, 2.24) is 10.2 Å². The molecule has 2 aliphatic rings. The normalized spacial score (nSPS) is 17.2. The maximum atomic E-state index is 12.3. The predicted octanol–water partition coefficient (Wildman–Crippen LogP) is 1.83. The summed E-state index contributed by atoms with van der Waals surface area (Å²) in [4.78, 5) is 36.9. The van der Waals surface area contributed by atoms with E-state index in [1.165, 1.54) is 18.4 Å². The van der Waals surface area contributed by atoms with Crippen molar-refractivity contribution in [2.75, 3.05) is 19.7 Å². The Bertz CT molecular complexity index is 916. The molecule has 26 heavy (non-hydrogen) atoms. The van der Waals surface area contributed by atoms with Gasteiger partial charge >= 0.3 is 6.03 Å². The number of nitrogens with zero attached hydrogens (tertiary/aromatic N) is 1. The third-order valence-electron chi connectivity index (χ3n) is 3.98. The first-order chi connectivity index (χ1) is 12.6. The summed E-state index contributed by atoms with van der Waals surface area (Å²) in [5.74, 6) is 0.674. The number of imide groups is 1. The van der Waals surface area contributed by atoms with Crippen molar-refractivity contribution in [3.8, 4) is 11.5 Å². The lowest BCUT2D eigenvalue weighted by Crippen LogP contribution is -2.37. The quantitative estimate of drug-likeness (QED) is 0.841. The molecular formula is C18H14N2O6. The molecule has 2 aliphatic heterocycles. The van der Waals surface area contributed by atoms with Crippen LogP contribution in [0.25, 0.3) is 6.08 Å². The second-order valence-corrected chi connectivity index (χ2v) is 5.68. The number of carbonyl (C=O) groups excluding carboxylic acids is 3. The standard InChI is InChI=1S/C18H14N2O6/c21-16(20-6-5-19-18(20)23)10-25-12-3-4-13-14(8-12)26-15(17(13)22)9-11-2-1-7-24-11/h1-4,7-9H,5-6,10H2,(H,19,23)/b15-9+. The van der Waals surface area contributed by atoms with E-state index in [9.17, 15) is 14.4 Å². The molecule has 0 saturated carbocycles. The lowest BCUT2D eigenvalue weighted by atomic mass is 10.1. The van der Waals surface area contributed by atoms with Crippen LogP contribution in [-0.4, -0.2) is 42.3 Å². The monoisotopic (exact) mass is 354 g/mol. The highest BCUT2D eigenvalue weighted by Gasteiger charge is 2.29. The first-order valence-corrected chi connectivity index (χ1v) is 7.94. The van der Waals surface area contributed by atoms with E-state index in [1.807, 2.05) is 0 Å². The van der Waals surface area contributed by atoms with Crippen molar-refractivity contribution in [3.63, 3.8) is 0 Å². The summed E-state index contributed by atoms with van der Waals surface area (Å²) < 4.78 is 16.2. The van der Waals surface area contributed by atoms with Crippen LogP contribution in [0.3, 0.4) is 0 Å². The summed E-state index contributed by atoms with van der Waals surface area (Å²) in [5.41, 5.74) is 0.403. The number of benzene rings is 1. The molecule has 3 heterocycles. The summed E-state index contributed by atoms with van der Waals surface area (Å²) in [6, 6.07) is 7.68. The molecule has 0 radical (unpaired) electrons. The first kappa shape index (κ1) is 15.9. The van der Waals surface area contributed by atoms with Crippen molar-refractivity contribution < 1.29 is 28.3 Å². The topological polar surface area (TPSA) is 98.1 Å². The van der Waals surface area contributed by atoms with Crippen LogP contribution < -0.4 is 14.8 Å². The van der Waals surface area contributed by atoms with E-state index in [0.717, 1.165) is 4.90 Å². The average Bonchev–Trinajstić information content (AvgIpc) is 3.35. The smallest absolute Gasteiger partial charge is 0.324 e. The fourth-order valence-electron chi connectivity index (χ4n) is 2.69. The van der Waals surface area contributed by atoms with Crippen molar-refractivity contribution in [3.05, 3.63) is 53.7 Å². The molecule has 2 aromatic rings. The Morgan fingerprint density at radius 2 is 2.19 bits per heavy atom. The highest BCUT2D eigenvalue weighted by molar-refractivity contribution is 6.14. The molecule has 4 rings (SSSR count). The number of hydrogen-bond donors (Lipinski definition) is 1. The molecular weight excluding hydrogens is 340 g/mol. The molecule has 1 aromatic carbocycles. The SMILES string of the molecule is O=C1/C(=C\c2ccco2)Oc2cc(OCC(=O)N3CCNC3=O)ccc21. The van der Waals surface area contributed by atoms with Gasteiger partial charge in [0.05, 0.1) is 11.8 Å². The van der Waals surface area contributed by atoms with Crippen LogP contribution in [0.15, 0.2) is 46.8 Å². The molecule has 132 valence electrons. The number of furan rings is 1. The fraction of sp³-hybridized carbons (Fsp3) is 0.167. The van der Waals surface area contributed by atoms with Crippen LogP contribution in [0, 0.1) is 0 Å². The molecule has 1 aromatic heterocycles. The summed E-state index contributed by atoms with van der Waals surface area (Å²) in [6.45, 7) is 0.475. The Balaban J connectivity index is 1.45. The number of Topliss-reactive ketones (excluding diaryl/α,β-unsaturated/α-hetero) is 1. The average molecular weight is 354 g/mol. The highest BCUT2D eigenvalue weighted by atomic mass is 16.5. The van der Waals surface area contributed by atoms with E-state index in [-0.39, 0.29) is 18.1 Å². The van der Waals surface area contributed by atoms with Crippen molar-refractivity contribution in [1.29, 1.82) is 0 Å². The number of ether oxygens (including phenoxy) is 2. The number of rotatable bonds is 4. The van der Waals surface area contributed by atoms with Gasteiger partial charge in [0.15, 0.2) is 12.4 Å². The number of urea groups is 1. The minimum Gasteiger partial charge on any atom is -0.484 e. The molecule has 0 unspecified atom stereocenters. The van der Waals surface area contributed by atoms with E-state index < -0.39 is 11.9 Å². The zero-order valence-electron chi connectivity index (χ0n) is 13.6. The van der Waals surface area contributed by atoms with Crippen LogP contribution >= 0.6 is 0 Å². The second-order valence-electron chi connectivity index (χ2n) is 5.68. The maximum absolute atomic E-state index is 12.3. The van der Waals surface area contributed by atoms with Gasteiger partial charge in [-0.1, -0.05) is 0 Å². The Morgan fingerprint density at radius 3 is 2.92 bits per heavy atom. The molecule has 8 heteroatoms. The van der Waals surface area contributed by atoms with E-state index in [2.05, 4.69) is 5.32 Å². The fourth-order valence-corrected chi connectivity index (χ4v) is 2.69. The molecule has 0 bridgehead atoms. The Hall–Kier alpha value is -3.55. The largest absolute Gasteiger partial charge is 0.484 e. The lowest BCUT2D eigenvalue weighted by Gasteiger charge is -2.13. The van der Waals surface area contributed by atoms with Crippen molar-refractivity contribution in [2.24, 2.45) is 0 Å². The number of carbonyl (C=O) groups is 3. The Labute approximate surface area is 148 Å². The van der Waals surface area contributed by atoms with Gasteiger partial charge in [0, 0.05) is 25.2 Å². The molecule has 3 amide bonds. The number of fused-ring (bicyclic) bond motifs is 1. The predicted molar refractivity (Wildman–Crippen MR) is 88.7 cm³/mol. The minimum absolute atomic E-state index is 0.150. The third kappa shape index (κ3) is 2.92. The molecule has 8 nitrogen and oxygen atoms in total. The van der Waals surface area contributed by atoms with Crippen LogP contribution in [-0.2, 0) is 4.79 Å². The number of allylic oxidation sites excluding steroid dienone is 1. The number of nitrogens with one attached hydrogen (secondary N) is 1. The Kier molecular flexibility index (Phi) is 3.92. The highest BCUT2D eigenvalue weighted by Crippen LogP contribution is 2.34. The molecule has 1 N–H and O–H groups in total. The molecule has 0 aliphatic carbocycles. The lowest BCUT2D eigenvalue weighted by molar-refractivity contribution is -0.129. The molecule has 1 fully saturated rings. The summed E-state index contributed by atoms with van der Waals surface area (Å²) in [6.07, 6.45) is 3.01. The Morgan fingerprint density at radius 1 is 1.31 bits per heavy atom. The van der Waals surface area contributed by atoms with Crippen LogP contribution in [0.5, 0.6) is 11.5 Å². The molecule has 0 atom stereocenters. The van der Waals surface area contributed by atoms with Gasteiger partial charge in [-0.25, -0.2) is 4.79 Å². The maximum Gasteiger partial charge on any atom is 0.324 e. The first-order valence-electron chi connectivity index (χ1n) is 7.94. The van der Waals surface area contributed by atoms with Crippen LogP contribution in [0.2, 0.25) is 0 Å². The van der Waals surface area contributed by atoms with E-state index in [0.29, 0.717) is 35.9 Å². The van der Waals surface area contributed by atoms with E-state index in [4.69, 9.17) is 13.9 Å². The summed E-state index contributed by atoms with van der Waals surface area (Å²) in [5, 5.41) is 2.55. The van der Waals surface area contributed by atoms with E-state index in [1.54, 1.807) is 24.3 Å². The van der Waals surface area contributed by atoms with Gasteiger partial charge in [-0.05, 0) is 24.3 Å². The van der Waals surface area contributed by atoms with Gasteiger partial charge in [-0.3, -0.25) is 14.5 Å². The number of ketones is 1. The van der Waals surface area contributed by atoms with Gasteiger partial charge in [-0.15, -0.1) is 0 Å². The molecule has 0 spiro atoms. The van der Waals surface area contributed by atoms with Gasteiger partial charge in [-0.2, -0.15) is 0 Å². The minimum atomic E-state index is -0.434. The van der Waals surface area contributed by atoms with Gasteiger partial charge < -0.3 is 19.2 Å². The zero-order chi connectivity index (χ0) is 18.1. The van der Waals surface area contributed by atoms with Crippen molar-refractivity contribution in [2.45, 2.75) is 0 Å². The summed E-state index contributed by atoms with van der Waals surface area (Å²) in [7, 11) is 0. The summed E-state index contributed by atoms with van der Waals surface area (Å²) >= 11 is 0. The van der Waals surface area contributed by atoms with Gasteiger partial charge in [0.2, 0.25) is 5.78 Å². The second kappa shape index (κ2) is 6.40. The van der Waals surface area contributed by atoms with Crippen LogP contribution in [0.1, 0.15) is 16.1 Å². The zero-order valence-corrected chi connectivity index (χ0v) is 13.6. The number of hydrogen-bond acceptors (Lipinski definition) is 6. The third-order valence-corrected chi connectivity index (χ3v) is 3.98.